The molecule has 15 heavy (non-hydrogen) atoms. The van der Waals surface area contributed by atoms with E-state index in [-0.39, 0.29) is 5.97 Å². The Balaban J connectivity index is 2.30. The van der Waals surface area contributed by atoms with E-state index in [2.05, 4.69) is 10.1 Å². The summed E-state index contributed by atoms with van der Waals surface area (Å²) in [6.45, 7) is 2.73. The molecule has 3 nitrogen and oxygen atoms in total. The van der Waals surface area contributed by atoms with Crippen LogP contribution in [0.5, 0.6) is 0 Å². The van der Waals surface area contributed by atoms with E-state index in [9.17, 15) is 4.79 Å². The van der Waals surface area contributed by atoms with Crippen molar-refractivity contribution in [1.82, 2.24) is 5.32 Å². The van der Waals surface area contributed by atoms with E-state index in [4.69, 9.17) is 0 Å². The molecule has 0 amide bonds. The van der Waals surface area contributed by atoms with Gasteiger partial charge in [-0.2, -0.15) is 11.8 Å². The molecule has 1 rings (SSSR count). The number of nitrogens with one attached hydrogen (secondary N) is 1. The van der Waals surface area contributed by atoms with Gasteiger partial charge >= 0.3 is 5.97 Å². The predicted molar refractivity (Wildman–Crippen MR) is 64.1 cm³/mol. The fraction of sp³-hybridized carbons (Fsp3) is 0.727. The summed E-state index contributed by atoms with van der Waals surface area (Å²) in [5, 5.41) is 3.42. The molecule has 1 aliphatic rings. The van der Waals surface area contributed by atoms with Gasteiger partial charge < -0.3 is 10.1 Å². The highest BCUT2D eigenvalue weighted by Crippen LogP contribution is 2.16. The van der Waals surface area contributed by atoms with Crippen molar-refractivity contribution in [1.29, 1.82) is 0 Å². The number of carbonyl (C=O) groups excluding carboxylic acids is 1. The highest BCUT2D eigenvalue weighted by Gasteiger charge is 2.14. The van der Waals surface area contributed by atoms with Crippen LogP contribution in [-0.4, -0.2) is 37.2 Å². The van der Waals surface area contributed by atoms with Crippen LogP contribution in [0.25, 0.3) is 0 Å². The quantitative estimate of drug-likeness (QED) is 0.574. The van der Waals surface area contributed by atoms with Crippen molar-refractivity contribution >= 4 is 17.7 Å². The lowest BCUT2D eigenvalue weighted by atomic mass is 10.2. The van der Waals surface area contributed by atoms with Crippen molar-refractivity contribution < 1.29 is 9.53 Å². The van der Waals surface area contributed by atoms with Crippen molar-refractivity contribution in [3.63, 3.8) is 0 Å². The van der Waals surface area contributed by atoms with Crippen molar-refractivity contribution in [2.24, 2.45) is 0 Å². The van der Waals surface area contributed by atoms with Gasteiger partial charge in [0.1, 0.15) is 0 Å². The minimum absolute atomic E-state index is 0.208. The first-order chi connectivity index (χ1) is 7.27. The summed E-state index contributed by atoms with van der Waals surface area (Å²) in [4.78, 5) is 11.2. The number of carbonyl (C=O) groups is 1. The lowest BCUT2D eigenvalue weighted by molar-refractivity contribution is -0.136. The molecule has 1 saturated heterocycles. The molecule has 0 aromatic carbocycles. The monoisotopic (exact) mass is 229 g/mol. The Labute approximate surface area is 95.6 Å². The highest BCUT2D eigenvalue weighted by atomic mass is 32.2. The number of rotatable bonds is 5. The summed E-state index contributed by atoms with van der Waals surface area (Å²) >= 11 is 1.98. The van der Waals surface area contributed by atoms with E-state index in [0.29, 0.717) is 6.04 Å². The van der Waals surface area contributed by atoms with E-state index in [0.717, 1.165) is 18.5 Å². The summed E-state index contributed by atoms with van der Waals surface area (Å²) in [5.41, 5.74) is 0.760. The normalized spacial score (nSPS) is 21.7. The lowest BCUT2D eigenvalue weighted by Crippen LogP contribution is -2.29. The second-order valence-electron chi connectivity index (χ2n) is 3.54. The third kappa shape index (κ3) is 4.26. The number of thioether (sulfide) groups is 1. The van der Waals surface area contributed by atoms with Gasteiger partial charge in [-0.05, 0) is 18.6 Å². The van der Waals surface area contributed by atoms with Crippen LogP contribution < -0.4 is 5.32 Å². The summed E-state index contributed by atoms with van der Waals surface area (Å²) in [6.07, 6.45) is 3.90. The van der Waals surface area contributed by atoms with Gasteiger partial charge in [0.2, 0.25) is 0 Å². The van der Waals surface area contributed by atoms with Crippen molar-refractivity contribution in [3.8, 4) is 0 Å². The smallest absolute Gasteiger partial charge is 0.333 e. The average Bonchev–Trinajstić information content (AvgIpc) is 2.76. The van der Waals surface area contributed by atoms with Gasteiger partial charge in [-0.15, -0.1) is 0 Å². The SMILES string of the molecule is CCC(=CCNC1CCSC1)C(=O)OC. The standard InChI is InChI=1S/C11H19NO2S/c1-3-9(11(13)14-2)4-6-12-10-5-7-15-8-10/h4,10,12H,3,5-8H2,1-2H3. The molecule has 1 heterocycles. The lowest BCUT2D eigenvalue weighted by Gasteiger charge is -2.09. The van der Waals surface area contributed by atoms with Crippen molar-refractivity contribution in [2.75, 3.05) is 25.2 Å². The Bertz CT molecular complexity index is 235. The maximum absolute atomic E-state index is 11.2. The van der Waals surface area contributed by atoms with Gasteiger partial charge in [-0.25, -0.2) is 4.79 Å². The third-order valence-corrected chi connectivity index (χ3v) is 3.68. The van der Waals surface area contributed by atoms with E-state index >= 15 is 0 Å². The highest BCUT2D eigenvalue weighted by molar-refractivity contribution is 7.99. The number of hydrogen-bond acceptors (Lipinski definition) is 4. The van der Waals surface area contributed by atoms with Crippen LogP contribution in [0.4, 0.5) is 0 Å². The van der Waals surface area contributed by atoms with E-state index in [1.807, 2.05) is 24.8 Å². The zero-order chi connectivity index (χ0) is 11.1. The zero-order valence-corrected chi connectivity index (χ0v) is 10.2. The van der Waals surface area contributed by atoms with E-state index in [1.165, 1.54) is 25.0 Å². The first-order valence-corrected chi connectivity index (χ1v) is 6.51. The van der Waals surface area contributed by atoms with Crippen molar-refractivity contribution in [3.05, 3.63) is 11.6 Å². The Kier molecular flexibility index (Phi) is 5.79. The molecule has 0 bridgehead atoms. The molecule has 0 radical (unpaired) electrons. The summed E-state index contributed by atoms with van der Waals surface area (Å²) in [5.74, 6) is 2.23. The molecule has 1 N–H and O–H groups in total. The van der Waals surface area contributed by atoms with Crippen LogP contribution >= 0.6 is 11.8 Å². The molecule has 86 valence electrons. The molecule has 0 aliphatic carbocycles. The fourth-order valence-electron chi connectivity index (χ4n) is 1.55. The van der Waals surface area contributed by atoms with Crippen LogP contribution in [-0.2, 0) is 9.53 Å². The molecule has 1 fully saturated rings. The minimum atomic E-state index is -0.208. The molecular formula is C11H19NO2S. The maximum atomic E-state index is 11.2. The first-order valence-electron chi connectivity index (χ1n) is 5.36. The third-order valence-electron chi connectivity index (χ3n) is 2.51. The molecule has 1 aliphatic heterocycles. The average molecular weight is 229 g/mol. The topological polar surface area (TPSA) is 38.3 Å². The van der Waals surface area contributed by atoms with Gasteiger partial charge in [-0.1, -0.05) is 13.0 Å². The molecule has 0 aromatic heterocycles. The van der Waals surface area contributed by atoms with Crippen LogP contribution in [0, 0.1) is 0 Å². The van der Waals surface area contributed by atoms with Crippen LogP contribution in [0.2, 0.25) is 0 Å². The van der Waals surface area contributed by atoms with Gasteiger partial charge in [0.15, 0.2) is 0 Å². The molecule has 4 heteroatoms. The minimum Gasteiger partial charge on any atom is -0.466 e. The van der Waals surface area contributed by atoms with Gasteiger partial charge in [0, 0.05) is 23.9 Å². The predicted octanol–water partition coefficient (Wildman–Crippen LogP) is 1.59. The van der Waals surface area contributed by atoms with Crippen LogP contribution in [0.1, 0.15) is 19.8 Å². The zero-order valence-electron chi connectivity index (χ0n) is 9.41. The molecule has 1 atom stereocenters. The summed E-state index contributed by atoms with van der Waals surface area (Å²) < 4.78 is 4.69. The first kappa shape index (κ1) is 12.6. The second kappa shape index (κ2) is 6.90. The maximum Gasteiger partial charge on any atom is 0.333 e. The largest absolute Gasteiger partial charge is 0.466 e. The number of esters is 1. The number of ether oxygens (including phenoxy) is 1. The molecular weight excluding hydrogens is 210 g/mol. The van der Waals surface area contributed by atoms with Gasteiger partial charge in [-0.3, -0.25) is 0 Å². The van der Waals surface area contributed by atoms with Gasteiger partial charge in [0.25, 0.3) is 0 Å². The number of hydrogen-bond donors (Lipinski definition) is 1. The number of methoxy groups -OCH3 is 1. The van der Waals surface area contributed by atoms with Crippen LogP contribution in [0.15, 0.2) is 11.6 Å². The molecule has 0 aromatic rings. The summed E-state index contributed by atoms with van der Waals surface area (Å²) in [6, 6.07) is 0.613. The molecule has 0 spiro atoms. The van der Waals surface area contributed by atoms with E-state index < -0.39 is 0 Å². The van der Waals surface area contributed by atoms with E-state index in [1.54, 1.807) is 0 Å². The molecule has 1 unspecified atom stereocenters. The summed E-state index contributed by atoms with van der Waals surface area (Å²) in [7, 11) is 1.42. The van der Waals surface area contributed by atoms with Crippen molar-refractivity contribution in [2.45, 2.75) is 25.8 Å². The van der Waals surface area contributed by atoms with Crippen LogP contribution in [0.3, 0.4) is 0 Å². The molecule has 0 saturated carbocycles. The fourth-order valence-corrected chi connectivity index (χ4v) is 2.73. The second-order valence-corrected chi connectivity index (χ2v) is 4.69. The Morgan fingerprint density at radius 1 is 1.67 bits per heavy atom. The Morgan fingerprint density at radius 2 is 2.47 bits per heavy atom. The Morgan fingerprint density at radius 3 is 3.00 bits per heavy atom. The Hall–Kier alpha value is -0.480. The van der Waals surface area contributed by atoms with Gasteiger partial charge in [0.05, 0.1) is 7.11 Å².